The fourth-order valence-electron chi connectivity index (χ4n) is 2.29. The van der Waals surface area contributed by atoms with Crippen LogP contribution in [0.25, 0.3) is 0 Å². The maximum atomic E-state index is 11.5. The summed E-state index contributed by atoms with van der Waals surface area (Å²) in [5.41, 5.74) is 2.30. The van der Waals surface area contributed by atoms with Gasteiger partial charge in [0.05, 0.1) is 32.2 Å². The summed E-state index contributed by atoms with van der Waals surface area (Å²) >= 11 is 0. The van der Waals surface area contributed by atoms with Gasteiger partial charge in [0, 0.05) is 0 Å². The van der Waals surface area contributed by atoms with E-state index in [9.17, 15) is 4.79 Å². The van der Waals surface area contributed by atoms with Gasteiger partial charge >= 0.3 is 5.97 Å². The van der Waals surface area contributed by atoms with Gasteiger partial charge in [0.15, 0.2) is 0 Å². The number of methoxy groups -OCH3 is 1. The average Bonchev–Trinajstić information content (AvgIpc) is 2.33. The van der Waals surface area contributed by atoms with Crippen LogP contribution >= 0.6 is 0 Å². The summed E-state index contributed by atoms with van der Waals surface area (Å²) < 4.78 is 10.1. The first kappa shape index (κ1) is 13.1. The smallest absolute Gasteiger partial charge is 0.306 e. The Labute approximate surface area is 108 Å². The van der Waals surface area contributed by atoms with E-state index < -0.39 is 0 Å². The molecule has 0 bridgehead atoms. The highest BCUT2D eigenvalue weighted by Crippen LogP contribution is 2.36. The van der Waals surface area contributed by atoms with Crippen LogP contribution in [-0.4, -0.2) is 26.3 Å². The molecule has 1 fully saturated rings. The molecule has 3 nitrogen and oxygen atoms in total. The minimum atomic E-state index is -0.178. The molecule has 1 heterocycles. The summed E-state index contributed by atoms with van der Waals surface area (Å²) in [5, 5.41) is 0. The molecule has 0 aliphatic carbocycles. The Morgan fingerprint density at radius 2 is 1.94 bits per heavy atom. The van der Waals surface area contributed by atoms with Crippen molar-refractivity contribution in [3.8, 4) is 0 Å². The molecule has 1 aliphatic heterocycles. The second kappa shape index (κ2) is 5.11. The number of carbonyl (C=O) groups excluding carboxylic acids is 1. The molecule has 0 spiro atoms. The second-order valence-corrected chi connectivity index (χ2v) is 5.30. The first-order chi connectivity index (χ1) is 8.57. The topological polar surface area (TPSA) is 35.5 Å². The fourth-order valence-corrected chi connectivity index (χ4v) is 2.29. The van der Waals surface area contributed by atoms with Crippen LogP contribution in [0.1, 0.15) is 37.3 Å². The van der Waals surface area contributed by atoms with Crippen molar-refractivity contribution in [3.63, 3.8) is 0 Å². The number of carbonyl (C=O) groups is 1. The van der Waals surface area contributed by atoms with Gasteiger partial charge in [-0.3, -0.25) is 4.79 Å². The van der Waals surface area contributed by atoms with Crippen LogP contribution in [0.3, 0.4) is 0 Å². The fraction of sp³-hybridized carbons (Fsp3) is 0.533. The van der Waals surface area contributed by atoms with E-state index in [1.807, 2.05) is 0 Å². The lowest BCUT2D eigenvalue weighted by Gasteiger charge is -2.41. The van der Waals surface area contributed by atoms with Crippen molar-refractivity contribution >= 4 is 5.97 Å². The van der Waals surface area contributed by atoms with E-state index in [2.05, 4.69) is 38.1 Å². The molecular formula is C15H20O3. The molecule has 0 radical (unpaired) electrons. The van der Waals surface area contributed by atoms with Gasteiger partial charge in [-0.1, -0.05) is 38.1 Å². The van der Waals surface area contributed by atoms with Crippen LogP contribution in [0.4, 0.5) is 0 Å². The first-order valence-electron chi connectivity index (χ1n) is 6.32. The van der Waals surface area contributed by atoms with E-state index in [-0.39, 0.29) is 11.4 Å². The normalized spacial score (nSPS) is 17.3. The average molecular weight is 248 g/mol. The maximum absolute atomic E-state index is 11.5. The Morgan fingerprint density at radius 3 is 2.33 bits per heavy atom. The van der Waals surface area contributed by atoms with Gasteiger partial charge in [-0.05, 0) is 17.0 Å². The predicted molar refractivity (Wildman–Crippen MR) is 69.7 cm³/mol. The molecule has 0 amide bonds. The molecule has 0 unspecified atom stereocenters. The summed E-state index contributed by atoms with van der Waals surface area (Å²) in [4.78, 5) is 11.5. The molecule has 0 atom stereocenters. The quantitative estimate of drug-likeness (QED) is 0.768. The minimum Gasteiger partial charge on any atom is -0.469 e. The van der Waals surface area contributed by atoms with Crippen LogP contribution in [0, 0.1) is 0 Å². The molecule has 2 rings (SSSR count). The zero-order chi connectivity index (χ0) is 13.2. The third-order valence-corrected chi connectivity index (χ3v) is 3.66. The van der Waals surface area contributed by atoms with Crippen molar-refractivity contribution in [2.75, 3.05) is 20.3 Å². The van der Waals surface area contributed by atoms with E-state index in [1.54, 1.807) is 0 Å². The number of hydrogen-bond donors (Lipinski definition) is 0. The van der Waals surface area contributed by atoms with Crippen molar-refractivity contribution < 1.29 is 14.3 Å². The Hall–Kier alpha value is -1.35. The van der Waals surface area contributed by atoms with Crippen LogP contribution in [0.2, 0.25) is 0 Å². The summed E-state index contributed by atoms with van der Waals surface area (Å²) in [7, 11) is 1.43. The SMILES string of the molecule is COC(=O)CC1(c2ccc(C(C)C)cc2)COC1. The zero-order valence-electron chi connectivity index (χ0n) is 11.2. The van der Waals surface area contributed by atoms with Gasteiger partial charge in [0.2, 0.25) is 0 Å². The van der Waals surface area contributed by atoms with E-state index in [1.165, 1.54) is 18.2 Å². The highest BCUT2D eigenvalue weighted by atomic mass is 16.5. The summed E-state index contributed by atoms with van der Waals surface area (Å²) in [6, 6.07) is 8.50. The lowest BCUT2D eigenvalue weighted by Crippen LogP contribution is -2.48. The zero-order valence-corrected chi connectivity index (χ0v) is 11.2. The summed E-state index contributed by atoms with van der Waals surface area (Å²) in [5.74, 6) is 0.347. The standard InChI is InChI=1S/C15H20O3/c1-11(2)12-4-6-13(7-5-12)15(9-18-10-15)8-14(16)17-3/h4-7,11H,8-10H2,1-3H3. The summed E-state index contributed by atoms with van der Waals surface area (Å²) in [6.07, 6.45) is 0.393. The van der Waals surface area contributed by atoms with Gasteiger partial charge in [-0.15, -0.1) is 0 Å². The number of hydrogen-bond acceptors (Lipinski definition) is 3. The molecule has 0 aromatic heterocycles. The molecular weight excluding hydrogens is 228 g/mol. The molecule has 98 valence electrons. The predicted octanol–water partition coefficient (Wildman–Crippen LogP) is 2.64. The van der Waals surface area contributed by atoms with Gasteiger partial charge in [0.1, 0.15) is 0 Å². The molecule has 0 saturated carbocycles. The monoisotopic (exact) mass is 248 g/mol. The maximum Gasteiger partial charge on any atom is 0.306 e. The number of rotatable bonds is 4. The molecule has 3 heteroatoms. The van der Waals surface area contributed by atoms with E-state index in [0.717, 1.165) is 0 Å². The number of ether oxygens (including phenoxy) is 2. The van der Waals surface area contributed by atoms with E-state index in [0.29, 0.717) is 25.6 Å². The highest BCUT2D eigenvalue weighted by molar-refractivity contribution is 5.71. The minimum absolute atomic E-state index is 0.175. The third kappa shape index (κ3) is 2.41. The second-order valence-electron chi connectivity index (χ2n) is 5.30. The Bertz CT molecular complexity index is 416. The van der Waals surface area contributed by atoms with Gasteiger partial charge in [-0.25, -0.2) is 0 Å². The first-order valence-corrected chi connectivity index (χ1v) is 6.32. The third-order valence-electron chi connectivity index (χ3n) is 3.66. The van der Waals surface area contributed by atoms with Gasteiger partial charge < -0.3 is 9.47 Å². The van der Waals surface area contributed by atoms with Gasteiger partial charge in [0.25, 0.3) is 0 Å². The lowest BCUT2D eigenvalue weighted by molar-refractivity contribution is -0.148. The number of esters is 1. The molecule has 18 heavy (non-hydrogen) atoms. The Kier molecular flexibility index (Phi) is 3.71. The van der Waals surface area contributed by atoms with Crippen LogP contribution in [0.15, 0.2) is 24.3 Å². The number of benzene rings is 1. The highest BCUT2D eigenvalue weighted by Gasteiger charge is 2.42. The van der Waals surface area contributed by atoms with Crippen molar-refractivity contribution in [2.45, 2.75) is 31.6 Å². The van der Waals surface area contributed by atoms with Crippen LogP contribution < -0.4 is 0 Å². The van der Waals surface area contributed by atoms with Crippen LogP contribution in [-0.2, 0) is 19.7 Å². The Balaban J connectivity index is 2.19. The van der Waals surface area contributed by atoms with Crippen LogP contribution in [0.5, 0.6) is 0 Å². The van der Waals surface area contributed by atoms with Crippen molar-refractivity contribution in [2.24, 2.45) is 0 Å². The molecule has 1 aromatic rings. The molecule has 1 aliphatic rings. The van der Waals surface area contributed by atoms with Crippen molar-refractivity contribution in [3.05, 3.63) is 35.4 Å². The largest absolute Gasteiger partial charge is 0.469 e. The summed E-state index contributed by atoms with van der Waals surface area (Å²) in [6.45, 7) is 5.55. The molecule has 1 saturated heterocycles. The van der Waals surface area contributed by atoms with Gasteiger partial charge in [-0.2, -0.15) is 0 Å². The lowest BCUT2D eigenvalue weighted by atomic mass is 9.75. The molecule has 0 N–H and O–H groups in total. The van der Waals surface area contributed by atoms with E-state index in [4.69, 9.17) is 9.47 Å². The van der Waals surface area contributed by atoms with Crippen molar-refractivity contribution in [1.29, 1.82) is 0 Å². The van der Waals surface area contributed by atoms with E-state index >= 15 is 0 Å². The molecule has 1 aromatic carbocycles. The van der Waals surface area contributed by atoms with Crippen molar-refractivity contribution in [1.82, 2.24) is 0 Å². The Morgan fingerprint density at radius 1 is 1.33 bits per heavy atom.